The molecular weight excluding hydrogens is 369 g/mol. The molecule has 0 amide bonds. The number of halogens is 2. The Morgan fingerprint density at radius 1 is 1.08 bits per heavy atom. The second-order valence-corrected chi connectivity index (χ2v) is 7.08. The fraction of sp³-hybridized carbons (Fsp3) is 0.158. The molecule has 0 bridgehead atoms. The van der Waals surface area contributed by atoms with E-state index >= 15 is 0 Å². The quantitative estimate of drug-likeness (QED) is 0.706. The van der Waals surface area contributed by atoms with Gasteiger partial charge < -0.3 is 16.4 Å². The number of nitrogen functional groups attached to an aromatic ring is 2. The number of hydrogen-bond acceptors (Lipinski definition) is 5. The number of fused-ring (bicyclic) bond motifs is 1. The molecule has 2 heterocycles. The molecule has 4 rings (SSSR count). The second-order valence-electron chi connectivity index (χ2n) is 6.24. The molecule has 0 radical (unpaired) electrons. The summed E-state index contributed by atoms with van der Waals surface area (Å²) in [5.74, 6) is 0.607. The zero-order valence-corrected chi connectivity index (χ0v) is 15.4. The third-order valence-corrected chi connectivity index (χ3v) is 5.17. The Bertz CT molecular complexity index is 990. The van der Waals surface area contributed by atoms with E-state index in [1.807, 2.05) is 18.2 Å². The van der Waals surface area contributed by atoms with Gasteiger partial charge in [-0.05, 0) is 35.7 Å². The Morgan fingerprint density at radius 3 is 2.69 bits per heavy atom. The van der Waals surface area contributed by atoms with E-state index in [0.29, 0.717) is 22.4 Å². The lowest BCUT2D eigenvalue weighted by molar-refractivity contribution is 0.830. The van der Waals surface area contributed by atoms with Crippen molar-refractivity contribution in [2.45, 2.75) is 13.0 Å². The second kappa shape index (κ2) is 6.67. The van der Waals surface area contributed by atoms with Gasteiger partial charge in [0.15, 0.2) is 0 Å². The number of nitrogens with zero attached hydrogens (tertiary/aromatic N) is 3. The van der Waals surface area contributed by atoms with Gasteiger partial charge in [0.05, 0.1) is 0 Å². The lowest BCUT2D eigenvalue weighted by Crippen LogP contribution is -2.21. The van der Waals surface area contributed by atoms with Crippen molar-refractivity contribution in [3.63, 3.8) is 0 Å². The molecule has 132 valence electrons. The minimum atomic E-state index is 0.188. The van der Waals surface area contributed by atoms with Crippen LogP contribution in [0.4, 0.5) is 17.5 Å². The van der Waals surface area contributed by atoms with Crippen LogP contribution in [0, 0.1) is 0 Å². The smallest absolute Gasteiger partial charge is 0.221 e. The van der Waals surface area contributed by atoms with Gasteiger partial charge in [0.1, 0.15) is 5.82 Å². The minimum Gasteiger partial charge on any atom is -0.383 e. The zero-order valence-electron chi connectivity index (χ0n) is 13.9. The molecule has 0 saturated carbocycles. The van der Waals surface area contributed by atoms with E-state index in [2.05, 4.69) is 27.0 Å². The average molecular weight is 386 g/mol. The van der Waals surface area contributed by atoms with Gasteiger partial charge in [0.25, 0.3) is 0 Å². The van der Waals surface area contributed by atoms with Crippen molar-refractivity contribution < 1.29 is 0 Å². The van der Waals surface area contributed by atoms with Crippen molar-refractivity contribution in [1.82, 2.24) is 9.97 Å². The molecule has 3 aromatic rings. The van der Waals surface area contributed by atoms with E-state index in [9.17, 15) is 0 Å². The maximum Gasteiger partial charge on any atom is 0.221 e. The van der Waals surface area contributed by atoms with Gasteiger partial charge in [0.2, 0.25) is 5.95 Å². The number of aromatic nitrogens is 2. The van der Waals surface area contributed by atoms with Gasteiger partial charge in [-0.15, -0.1) is 0 Å². The number of nitrogens with two attached hydrogens (primary N) is 2. The molecule has 5 nitrogen and oxygen atoms in total. The van der Waals surface area contributed by atoms with E-state index in [0.717, 1.165) is 29.7 Å². The highest BCUT2D eigenvalue weighted by Gasteiger charge is 2.23. The highest BCUT2D eigenvalue weighted by Crippen LogP contribution is 2.40. The fourth-order valence-corrected chi connectivity index (χ4v) is 3.90. The van der Waals surface area contributed by atoms with Crippen LogP contribution in [0.5, 0.6) is 0 Å². The first-order chi connectivity index (χ1) is 12.5. The Kier molecular flexibility index (Phi) is 4.34. The zero-order chi connectivity index (χ0) is 18.3. The molecule has 0 saturated heterocycles. The Hall–Kier alpha value is -2.50. The van der Waals surface area contributed by atoms with Crippen LogP contribution in [0.1, 0.15) is 11.1 Å². The van der Waals surface area contributed by atoms with Gasteiger partial charge in [0, 0.05) is 46.1 Å². The van der Waals surface area contributed by atoms with Gasteiger partial charge in [-0.25, -0.2) is 4.98 Å². The van der Waals surface area contributed by atoms with Crippen LogP contribution < -0.4 is 16.4 Å². The molecule has 0 spiro atoms. The molecule has 2 aromatic carbocycles. The largest absolute Gasteiger partial charge is 0.383 e. The molecule has 26 heavy (non-hydrogen) atoms. The van der Waals surface area contributed by atoms with Crippen LogP contribution in [0.15, 0.2) is 42.6 Å². The van der Waals surface area contributed by atoms with Crippen molar-refractivity contribution in [1.29, 1.82) is 0 Å². The van der Waals surface area contributed by atoms with Crippen LogP contribution in [-0.2, 0) is 13.0 Å². The fourth-order valence-electron chi connectivity index (χ4n) is 3.39. The summed E-state index contributed by atoms with van der Waals surface area (Å²) in [6.45, 7) is 1.53. The summed E-state index contributed by atoms with van der Waals surface area (Å²) in [6, 6.07) is 11.9. The molecule has 0 fully saturated rings. The molecule has 0 aliphatic carbocycles. The lowest BCUT2D eigenvalue weighted by Gasteiger charge is -2.20. The van der Waals surface area contributed by atoms with Gasteiger partial charge in [-0.2, -0.15) is 4.98 Å². The van der Waals surface area contributed by atoms with Gasteiger partial charge in [-0.1, -0.05) is 41.4 Å². The highest BCUT2D eigenvalue weighted by atomic mass is 35.5. The summed E-state index contributed by atoms with van der Waals surface area (Å²) in [5.41, 5.74) is 17.0. The standard InChI is InChI=1S/C19H17Cl2N5/c20-12-4-5-14(16(21)8-12)13-2-1-3-17-15(13)6-7-26(17)10-11-9-24-19(23)25-18(11)22/h1-5,8-9H,6-7,10H2,(H4,22,23,24,25). The van der Waals surface area contributed by atoms with Crippen molar-refractivity contribution in [2.75, 3.05) is 22.9 Å². The molecule has 1 aliphatic heterocycles. The maximum absolute atomic E-state index is 6.42. The van der Waals surface area contributed by atoms with E-state index in [1.165, 1.54) is 11.3 Å². The minimum absolute atomic E-state index is 0.188. The summed E-state index contributed by atoms with van der Waals surface area (Å²) in [7, 11) is 0. The highest BCUT2D eigenvalue weighted by molar-refractivity contribution is 6.36. The normalized spacial score (nSPS) is 13.1. The van der Waals surface area contributed by atoms with Crippen LogP contribution >= 0.6 is 23.2 Å². The first kappa shape index (κ1) is 16.9. The number of anilines is 3. The number of hydrogen-bond donors (Lipinski definition) is 2. The van der Waals surface area contributed by atoms with E-state index in [4.69, 9.17) is 34.7 Å². The monoisotopic (exact) mass is 385 g/mol. The number of benzene rings is 2. The Labute approximate surface area is 161 Å². The first-order valence-corrected chi connectivity index (χ1v) is 8.97. The molecule has 1 aromatic heterocycles. The summed E-state index contributed by atoms with van der Waals surface area (Å²) in [4.78, 5) is 10.4. The third kappa shape index (κ3) is 3.04. The molecule has 7 heteroatoms. The SMILES string of the molecule is Nc1ncc(CN2CCc3c(-c4ccc(Cl)cc4Cl)cccc32)c(N)n1. The van der Waals surface area contributed by atoms with Crippen molar-refractivity contribution in [3.05, 3.63) is 63.8 Å². The summed E-state index contributed by atoms with van der Waals surface area (Å²) >= 11 is 12.5. The molecule has 4 N–H and O–H groups in total. The van der Waals surface area contributed by atoms with Crippen LogP contribution in [0.25, 0.3) is 11.1 Å². The van der Waals surface area contributed by atoms with Gasteiger partial charge in [-0.3, -0.25) is 0 Å². The topological polar surface area (TPSA) is 81.1 Å². The Balaban J connectivity index is 1.70. The molecule has 0 atom stereocenters. The Morgan fingerprint density at radius 2 is 1.92 bits per heavy atom. The summed E-state index contributed by atoms with van der Waals surface area (Å²) < 4.78 is 0. The van der Waals surface area contributed by atoms with E-state index < -0.39 is 0 Å². The molecule has 1 aliphatic rings. The predicted molar refractivity (Wildman–Crippen MR) is 108 cm³/mol. The van der Waals surface area contributed by atoms with Crippen molar-refractivity contribution >= 4 is 40.7 Å². The average Bonchev–Trinajstić information content (AvgIpc) is 3.01. The molecule has 0 unspecified atom stereocenters. The van der Waals surface area contributed by atoms with Crippen LogP contribution in [-0.4, -0.2) is 16.5 Å². The van der Waals surface area contributed by atoms with E-state index in [1.54, 1.807) is 12.3 Å². The van der Waals surface area contributed by atoms with Crippen molar-refractivity contribution in [3.8, 4) is 11.1 Å². The van der Waals surface area contributed by atoms with Crippen molar-refractivity contribution in [2.24, 2.45) is 0 Å². The molecular formula is C19H17Cl2N5. The first-order valence-electron chi connectivity index (χ1n) is 8.22. The van der Waals surface area contributed by atoms with Crippen LogP contribution in [0.3, 0.4) is 0 Å². The summed E-state index contributed by atoms with van der Waals surface area (Å²) in [5, 5.41) is 1.28. The third-order valence-electron chi connectivity index (χ3n) is 4.62. The maximum atomic E-state index is 6.42. The van der Waals surface area contributed by atoms with Crippen LogP contribution in [0.2, 0.25) is 10.0 Å². The van der Waals surface area contributed by atoms with Gasteiger partial charge >= 0.3 is 0 Å². The summed E-state index contributed by atoms with van der Waals surface area (Å²) in [6.07, 6.45) is 2.62. The predicted octanol–water partition coefficient (Wildman–Crippen LogP) is 4.18. The lowest BCUT2D eigenvalue weighted by atomic mass is 9.98. The number of rotatable bonds is 3. The van der Waals surface area contributed by atoms with E-state index in [-0.39, 0.29) is 5.95 Å².